The summed E-state index contributed by atoms with van der Waals surface area (Å²) in [5, 5.41) is 0. The Balaban J connectivity index is 2.90. The van der Waals surface area contributed by atoms with Crippen molar-refractivity contribution in [2.45, 2.75) is 46.7 Å². The van der Waals surface area contributed by atoms with Gasteiger partial charge in [0.05, 0.1) is 6.04 Å². The molecule has 1 aliphatic heterocycles. The van der Waals surface area contributed by atoms with Crippen molar-refractivity contribution in [3.63, 3.8) is 0 Å². The highest BCUT2D eigenvalue weighted by Gasteiger charge is 2.42. The van der Waals surface area contributed by atoms with Crippen molar-refractivity contribution in [1.29, 1.82) is 0 Å². The van der Waals surface area contributed by atoms with Gasteiger partial charge in [-0.05, 0) is 26.4 Å². The third-order valence-corrected chi connectivity index (χ3v) is 5.43. The van der Waals surface area contributed by atoms with Crippen LogP contribution in [0.4, 0.5) is 0 Å². The van der Waals surface area contributed by atoms with Gasteiger partial charge in [-0.2, -0.15) is 0 Å². The normalized spacial score (nSPS) is 28.4. The predicted octanol–water partition coefficient (Wildman–Crippen LogP) is 2.72. The number of carbonyl (C=O) groups is 1. The average Bonchev–Trinajstić information content (AvgIpc) is 2.38. The smallest absolute Gasteiger partial charge is 0.156 e. The van der Waals surface area contributed by atoms with Gasteiger partial charge in [-0.25, -0.2) is 10.0 Å². The molecule has 0 aromatic heterocycles. The molecule has 0 radical (unpaired) electrons. The topological polar surface area (TPSA) is 20.3 Å². The van der Waals surface area contributed by atoms with Gasteiger partial charge in [-0.1, -0.05) is 20.8 Å². The van der Waals surface area contributed by atoms with E-state index in [1.807, 2.05) is 20.8 Å². The molecule has 0 spiro atoms. The molecular formula is C13H27NOS. The summed E-state index contributed by atoms with van der Waals surface area (Å²) in [6.07, 6.45) is 4.69. The van der Waals surface area contributed by atoms with E-state index < -0.39 is 10.0 Å². The Kier molecular flexibility index (Phi) is 3.81. The maximum absolute atomic E-state index is 12.4. The summed E-state index contributed by atoms with van der Waals surface area (Å²) in [7, 11) is -0.590. The molecule has 1 fully saturated rings. The van der Waals surface area contributed by atoms with E-state index in [0.717, 1.165) is 11.6 Å². The monoisotopic (exact) mass is 245 g/mol. The van der Waals surface area contributed by atoms with Gasteiger partial charge in [0.25, 0.3) is 0 Å². The summed E-state index contributed by atoms with van der Waals surface area (Å²) in [5.74, 6) is 2.62. The minimum atomic E-state index is -0.590. The molecule has 0 unspecified atom stereocenters. The first-order chi connectivity index (χ1) is 7.04. The average molecular weight is 245 g/mol. The van der Waals surface area contributed by atoms with E-state index in [9.17, 15) is 4.79 Å². The molecule has 1 heterocycles. The highest BCUT2D eigenvalue weighted by atomic mass is 32.3. The number of hydrogen-bond acceptors (Lipinski definition) is 2. The Morgan fingerprint density at radius 3 is 2.19 bits per heavy atom. The molecule has 0 saturated carbocycles. The van der Waals surface area contributed by atoms with Crippen LogP contribution in [0.5, 0.6) is 0 Å². The zero-order chi connectivity index (χ0) is 12.7. The largest absolute Gasteiger partial charge is 0.297 e. The van der Waals surface area contributed by atoms with Gasteiger partial charge in [0.15, 0.2) is 5.78 Å². The summed E-state index contributed by atoms with van der Waals surface area (Å²) in [4.78, 5) is 14.8. The Morgan fingerprint density at radius 1 is 1.31 bits per heavy atom. The maximum atomic E-state index is 12.4. The van der Waals surface area contributed by atoms with Gasteiger partial charge in [0, 0.05) is 23.1 Å². The number of carbonyl (C=O) groups excluding carboxylic acids is 1. The molecule has 0 aromatic rings. The summed E-state index contributed by atoms with van der Waals surface area (Å²) in [6, 6.07) is 0.635. The fourth-order valence-corrected chi connectivity index (χ4v) is 4.89. The van der Waals surface area contributed by atoms with E-state index in [0.29, 0.717) is 11.8 Å². The Hall–Kier alpha value is -0.0200. The van der Waals surface area contributed by atoms with Crippen LogP contribution in [-0.2, 0) is 4.79 Å². The molecule has 1 saturated heterocycles. The van der Waals surface area contributed by atoms with E-state index in [2.05, 4.69) is 31.3 Å². The summed E-state index contributed by atoms with van der Waals surface area (Å²) >= 11 is 0. The number of hydrogen-bond donors (Lipinski definition) is 0. The van der Waals surface area contributed by atoms with E-state index in [1.54, 1.807) is 0 Å². The van der Waals surface area contributed by atoms with Gasteiger partial charge in [-0.3, -0.25) is 9.69 Å². The molecular weight excluding hydrogens is 218 g/mol. The van der Waals surface area contributed by atoms with Crippen molar-refractivity contribution >= 4 is 15.8 Å². The van der Waals surface area contributed by atoms with Crippen molar-refractivity contribution < 1.29 is 4.79 Å². The second-order valence-corrected chi connectivity index (χ2v) is 10.9. The molecule has 1 atom stereocenters. The highest BCUT2D eigenvalue weighted by Crippen LogP contribution is 2.49. The molecule has 3 heteroatoms. The van der Waals surface area contributed by atoms with Crippen LogP contribution in [0.1, 0.15) is 34.6 Å². The molecule has 1 aliphatic rings. The van der Waals surface area contributed by atoms with Crippen LogP contribution in [-0.4, -0.2) is 46.9 Å². The molecule has 0 N–H and O–H groups in total. The Bertz CT molecular complexity index is 278. The Morgan fingerprint density at radius 2 is 1.81 bits per heavy atom. The van der Waals surface area contributed by atoms with E-state index in [-0.39, 0.29) is 11.5 Å². The third kappa shape index (κ3) is 3.01. The standard InChI is InChI=1S/C13H27NOS/c1-10(2)14-9-16(6,7)8-11(14)12(15)13(3,4)5/h10-11H,8-9H2,1-7H3/t11-/m0/s1. The van der Waals surface area contributed by atoms with Crippen LogP contribution in [0, 0.1) is 5.41 Å². The van der Waals surface area contributed by atoms with Crippen LogP contribution < -0.4 is 0 Å². The van der Waals surface area contributed by atoms with Crippen molar-refractivity contribution in [3.8, 4) is 0 Å². The lowest BCUT2D eigenvalue weighted by atomic mass is 9.86. The van der Waals surface area contributed by atoms with E-state index >= 15 is 0 Å². The van der Waals surface area contributed by atoms with Crippen LogP contribution in [0.15, 0.2) is 0 Å². The molecule has 96 valence electrons. The van der Waals surface area contributed by atoms with Gasteiger partial charge in [-0.15, -0.1) is 0 Å². The maximum Gasteiger partial charge on any atom is 0.156 e. The summed E-state index contributed by atoms with van der Waals surface area (Å²) in [6.45, 7) is 10.5. The number of Topliss-reactive ketones (excluding diaryl/α,β-unsaturated/α-hetero) is 1. The zero-order valence-electron chi connectivity index (χ0n) is 11.8. The molecule has 2 nitrogen and oxygen atoms in total. The lowest BCUT2D eigenvalue weighted by Gasteiger charge is -2.31. The predicted molar refractivity (Wildman–Crippen MR) is 74.4 cm³/mol. The third-order valence-electron chi connectivity index (χ3n) is 3.21. The van der Waals surface area contributed by atoms with Crippen molar-refractivity contribution in [3.05, 3.63) is 0 Å². The SMILES string of the molecule is CC(C)N1CS(C)(C)C[C@H]1C(=O)C(C)(C)C. The number of nitrogens with zero attached hydrogens (tertiary/aromatic N) is 1. The summed E-state index contributed by atoms with van der Waals surface area (Å²) in [5.41, 5.74) is -0.211. The quantitative estimate of drug-likeness (QED) is 0.745. The van der Waals surface area contributed by atoms with Crippen LogP contribution in [0.25, 0.3) is 0 Å². The fourth-order valence-electron chi connectivity index (χ4n) is 2.30. The van der Waals surface area contributed by atoms with Crippen LogP contribution in [0.2, 0.25) is 0 Å². The zero-order valence-corrected chi connectivity index (χ0v) is 12.6. The van der Waals surface area contributed by atoms with E-state index in [1.165, 1.54) is 0 Å². The minimum Gasteiger partial charge on any atom is -0.297 e. The molecule has 0 aromatic carbocycles. The molecule has 0 bridgehead atoms. The number of rotatable bonds is 2. The molecule has 0 amide bonds. The number of ketones is 1. The summed E-state index contributed by atoms with van der Waals surface area (Å²) < 4.78 is 0. The van der Waals surface area contributed by atoms with Gasteiger partial charge in [0.1, 0.15) is 0 Å². The van der Waals surface area contributed by atoms with Crippen molar-refractivity contribution in [1.82, 2.24) is 4.90 Å². The molecule has 0 aliphatic carbocycles. The van der Waals surface area contributed by atoms with Crippen molar-refractivity contribution in [2.75, 3.05) is 24.1 Å². The fraction of sp³-hybridized carbons (Fsp3) is 0.923. The first-order valence-electron chi connectivity index (χ1n) is 6.03. The van der Waals surface area contributed by atoms with Crippen LogP contribution in [0.3, 0.4) is 0 Å². The van der Waals surface area contributed by atoms with Crippen molar-refractivity contribution in [2.24, 2.45) is 5.41 Å². The minimum absolute atomic E-state index is 0.157. The Labute approximate surface area is 102 Å². The van der Waals surface area contributed by atoms with E-state index in [4.69, 9.17) is 0 Å². The molecule has 1 rings (SSSR count). The van der Waals surface area contributed by atoms with Gasteiger partial charge >= 0.3 is 0 Å². The first-order valence-corrected chi connectivity index (χ1v) is 8.82. The first kappa shape index (κ1) is 14.0. The lowest BCUT2D eigenvalue weighted by Crippen LogP contribution is -2.46. The second-order valence-electron chi connectivity index (χ2n) is 6.80. The van der Waals surface area contributed by atoms with Crippen LogP contribution >= 0.6 is 10.0 Å². The van der Waals surface area contributed by atoms with Gasteiger partial charge < -0.3 is 0 Å². The lowest BCUT2D eigenvalue weighted by molar-refractivity contribution is -0.131. The highest BCUT2D eigenvalue weighted by molar-refractivity contribution is 8.32. The molecule has 16 heavy (non-hydrogen) atoms. The second kappa shape index (κ2) is 4.34. The van der Waals surface area contributed by atoms with Gasteiger partial charge in [0.2, 0.25) is 0 Å².